The van der Waals surface area contributed by atoms with Crippen molar-refractivity contribution in [3.63, 3.8) is 0 Å². The molecule has 2 atom stereocenters. The molecule has 1 saturated heterocycles. The molecule has 0 spiro atoms. The Labute approximate surface area is 209 Å². The van der Waals surface area contributed by atoms with E-state index in [9.17, 15) is 18.7 Å². The Morgan fingerprint density at radius 1 is 1.23 bits per heavy atom. The molecule has 0 radical (unpaired) electrons. The standard InChI is InChI=1S/C25H35F2N5O2S/c1-14-8-7-11-32(14)24(34)19-20(35-23(30-19)22(33)29-15-9-5-6-10-15)17-13-28-18(31-25(2,3)4)12-16(17)21(26)27/h12-15,21,24,34H,5-11H2,1-4H3,(H,28,31)(H,29,33). The molecule has 10 heteroatoms. The van der Waals surface area contributed by atoms with E-state index in [-0.39, 0.29) is 45.4 Å². The van der Waals surface area contributed by atoms with Gasteiger partial charge in [-0.1, -0.05) is 12.8 Å². The molecule has 3 N–H and O–H groups in total. The number of aromatic nitrogens is 2. The Morgan fingerprint density at radius 2 is 1.94 bits per heavy atom. The Hall–Kier alpha value is -2.17. The van der Waals surface area contributed by atoms with Crippen LogP contribution >= 0.6 is 11.3 Å². The summed E-state index contributed by atoms with van der Waals surface area (Å²) in [5, 5.41) is 17.6. The number of thiazole rings is 1. The third kappa shape index (κ3) is 5.98. The molecule has 3 heterocycles. The van der Waals surface area contributed by atoms with Crippen LogP contribution in [0.3, 0.4) is 0 Å². The summed E-state index contributed by atoms with van der Waals surface area (Å²) in [6.07, 6.45) is 3.40. The number of hydrogen-bond acceptors (Lipinski definition) is 7. The highest BCUT2D eigenvalue weighted by Crippen LogP contribution is 2.41. The fourth-order valence-electron chi connectivity index (χ4n) is 4.88. The maximum Gasteiger partial charge on any atom is 0.280 e. The fraction of sp³-hybridized carbons (Fsp3) is 0.640. The van der Waals surface area contributed by atoms with E-state index in [4.69, 9.17) is 0 Å². The second-order valence-corrected chi connectivity index (χ2v) is 11.6. The molecule has 0 aromatic carbocycles. The van der Waals surface area contributed by atoms with Gasteiger partial charge in [-0.15, -0.1) is 11.3 Å². The van der Waals surface area contributed by atoms with E-state index in [2.05, 4.69) is 20.6 Å². The summed E-state index contributed by atoms with van der Waals surface area (Å²) in [5.41, 5.74) is -0.128. The molecule has 4 rings (SSSR count). The van der Waals surface area contributed by atoms with Crippen molar-refractivity contribution in [2.75, 3.05) is 11.9 Å². The molecule has 35 heavy (non-hydrogen) atoms. The summed E-state index contributed by atoms with van der Waals surface area (Å²) in [5.74, 6) is 0.0178. The van der Waals surface area contributed by atoms with Gasteiger partial charge in [-0.3, -0.25) is 9.69 Å². The number of amides is 1. The maximum atomic E-state index is 14.2. The number of carbonyl (C=O) groups is 1. The van der Waals surface area contributed by atoms with Crippen LogP contribution in [0.4, 0.5) is 14.6 Å². The zero-order chi connectivity index (χ0) is 25.3. The van der Waals surface area contributed by atoms with Crippen LogP contribution in [-0.4, -0.2) is 50.0 Å². The van der Waals surface area contributed by atoms with Gasteiger partial charge in [0, 0.05) is 41.5 Å². The van der Waals surface area contributed by atoms with Crippen LogP contribution in [0.2, 0.25) is 0 Å². The van der Waals surface area contributed by atoms with Gasteiger partial charge in [0.1, 0.15) is 11.5 Å². The van der Waals surface area contributed by atoms with Crippen molar-refractivity contribution in [3.8, 4) is 10.4 Å². The van der Waals surface area contributed by atoms with Crippen LogP contribution in [0.15, 0.2) is 12.3 Å². The van der Waals surface area contributed by atoms with Gasteiger partial charge in [-0.25, -0.2) is 18.7 Å². The number of alkyl halides is 2. The molecule has 2 aromatic rings. The van der Waals surface area contributed by atoms with Crippen LogP contribution in [-0.2, 0) is 0 Å². The number of nitrogens with one attached hydrogen (secondary N) is 2. The van der Waals surface area contributed by atoms with Crippen molar-refractivity contribution in [3.05, 3.63) is 28.5 Å². The van der Waals surface area contributed by atoms with E-state index in [1.165, 1.54) is 12.3 Å². The molecule has 2 aliphatic rings. The molecule has 0 bridgehead atoms. The lowest BCUT2D eigenvalue weighted by atomic mass is 10.1. The van der Waals surface area contributed by atoms with Crippen LogP contribution in [0.25, 0.3) is 10.4 Å². The van der Waals surface area contributed by atoms with Crippen molar-refractivity contribution in [1.29, 1.82) is 0 Å². The summed E-state index contributed by atoms with van der Waals surface area (Å²) in [7, 11) is 0. The van der Waals surface area contributed by atoms with Gasteiger partial charge >= 0.3 is 0 Å². The minimum atomic E-state index is -2.76. The first-order valence-electron chi connectivity index (χ1n) is 12.4. The van der Waals surface area contributed by atoms with Gasteiger partial charge < -0.3 is 15.7 Å². The summed E-state index contributed by atoms with van der Waals surface area (Å²) >= 11 is 1.04. The number of aliphatic hydroxyl groups excluding tert-OH is 1. The Balaban J connectivity index is 1.75. The van der Waals surface area contributed by atoms with Gasteiger partial charge in [0.05, 0.1) is 4.88 Å². The Kier molecular flexibility index (Phi) is 7.73. The van der Waals surface area contributed by atoms with Crippen LogP contribution in [0.5, 0.6) is 0 Å². The number of hydrogen-bond donors (Lipinski definition) is 3. The lowest BCUT2D eigenvalue weighted by Crippen LogP contribution is -2.33. The summed E-state index contributed by atoms with van der Waals surface area (Å²) in [6, 6.07) is 1.57. The quantitative estimate of drug-likeness (QED) is 0.458. The molecule has 1 aliphatic carbocycles. The molecule has 192 valence electrons. The van der Waals surface area contributed by atoms with Crippen molar-refractivity contribution >= 4 is 23.1 Å². The number of aliphatic hydroxyl groups is 1. The molecule has 2 fully saturated rings. The molecule has 1 aliphatic heterocycles. The van der Waals surface area contributed by atoms with Gasteiger partial charge in [0.25, 0.3) is 12.3 Å². The largest absolute Gasteiger partial charge is 0.372 e. The first-order valence-corrected chi connectivity index (χ1v) is 13.2. The fourth-order valence-corrected chi connectivity index (χ4v) is 5.91. The number of halogens is 2. The predicted molar refractivity (Wildman–Crippen MR) is 134 cm³/mol. The Bertz CT molecular complexity index is 1050. The number of carbonyl (C=O) groups excluding carboxylic acids is 1. The van der Waals surface area contributed by atoms with E-state index >= 15 is 0 Å². The molecule has 7 nitrogen and oxygen atoms in total. The van der Waals surface area contributed by atoms with Crippen molar-refractivity contribution in [2.45, 2.75) is 96.5 Å². The second kappa shape index (κ2) is 10.4. The van der Waals surface area contributed by atoms with Crippen molar-refractivity contribution < 1.29 is 18.7 Å². The molecule has 2 unspecified atom stereocenters. The summed E-state index contributed by atoms with van der Waals surface area (Å²) in [4.78, 5) is 24.2. The van der Waals surface area contributed by atoms with E-state index in [1.807, 2.05) is 32.6 Å². The third-order valence-corrected chi connectivity index (χ3v) is 7.72. The van der Waals surface area contributed by atoms with Gasteiger partial charge in [0.2, 0.25) is 0 Å². The van der Waals surface area contributed by atoms with Gasteiger partial charge in [0.15, 0.2) is 11.2 Å². The van der Waals surface area contributed by atoms with Crippen LogP contribution < -0.4 is 10.6 Å². The summed E-state index contributed by atoms with van der Waals surface area (Å²) < 4.78 is 28.5. The van der Waals surface area contributed by atoms with Crippen molar-refractivity contribution in [2.24, 2.45) is 0 Å². The first-order chi connectivity index (χ1) is 16.5. The first kappa shape index (κ1) is 25.9. The number of likely N-dealkylation sites (tertiary alicyclic amines) is 1. The predicted octanol–water partition coefficient (Wildman–Crippen LogP) is 5.50. The summed E-state index contributed by atoms with van der Waals surface area (Å²) in [6.45, 7) is 8.48. The van der Waals surface area contributed by atoms with Gasteiger partial charge in [-0.2, -0.15) is 0 Å². The average Bonchev–Trinajstić information content (AvgIpc) is 3.53. The molecule has 1 amide bonds. The van der Waals surface area contributed by atoms with E-state index in [1.54, 1.807) is 0 Å². The van der Waals surface area contributed by atoms with Gasteiger partial charge in [-0.05, 0) is 59.4 Å². The average molecular weight is 508 g/mol. The zero-order valence-corrected chi connectivity index (χ0v) is 21.6. The normalized spacial score (nSPS) is 20.5. The highest BCUT2D eigenvalue weighted by Gasteiger charge is 2.34. The maximum absolute atomic E-state index is 14.2. The minimum absolute atomic E-state index is 0.0999. The van der Waals surface area contributed by atoms with Crippen LogP contribution in [0, 0.1) is 0 Å². The molecule has 2 aromatic heterocycles. The lowest BCUT2D eigenvalue weighted by Gasteiger charge is -2.27. The monoisotopic (exact) mass is 507 g/mol. The topological polar surface area (TPSA) is 90.4 Å². The second-order valence-electron chi connectivity index (χ2n) is 10.6. The number of nitrogens with zero attached hydrogens (tertiary/aromatic N) is 3. The molecular weight excluding hydrogens is 472 g/mol. The minimum Gasteiger partial charge on any atom is -0.372 e. The van der Waals surface area contributed by atoms with E-state index < -0.39 is 12.7 Å². The highest BCUT2D eigenvalue weighted by atomic mass is 32.1. The third-order valence-electron chi connectivity index (χ3n) is 6.62. The molecular formula is C25H35F2N5O2S. The highest BCUT2D eigenvalue weighted by molar-refractivity contribution is 7.17. The zero-order valence-electron chi connectivity index (χ0n) is 20.8. The lowest BCUT2D eigenvalue weighted by molar-refractivity contribution is -0.00523. The SMILES string of the molecule is CC1CCCN1C(O)c1nc(C(=O)NC2CCCC2)sc1-c1cnc(NC(C)(C)C)cc1C(F)F. The number of rotatable bonds is 7. The van der Waals surface area contributed by atoms with Crippen molar-refractivity contribution in [1.82, 2.24) is 20.2 Å². The smallest absolute Gasteiger partial charge is 0.280 e. The molecule has 1 saturated carbocycles. The van der Waals surface area contributed by atoms with E-state index in [0.29, 0.717) is 17.2 Å². The van der Waals surface area contributed by atoms with E-state index in [0.717, 1.165) is 49.9 Å². The van der Waals surface area contributed by atoms with Crippen LogP contribution in [0.1, 0.15) is 99.9 Å². The number of pyridine rings is 1. The number of anilines is 1. The Morgan fingerprint density at radius 3 is 2.54 bits per heavy atom.